The number of nitrogens with zero attached hydrogens (tertiary/aromatic N) is 2. The first-order chi connectivity index (χ1) is 20.4. The van der Waals surface area contributed by atoms with Crippen molar-refractivity contribution in [2.45, 2.75) is 37.9 Å². The highest BCUT2D eigenvalue weighted by Crippen LogP contribution is 2.38. The normalized spacial score (nSPS) is 14.3. The highest BCUT2D eigenvalue weighted by atomic mass is 32.2. The lowest BCUT2D eigenvalue weighted by molar-refractivity contribution is -0.140. The first kappa shape index (κ1) is 27.7. The van der Waals surface area contributed by atoms with Crippen molar-refractivity contribution in [2.24, 2.45) is 0 Å². The molecule has 0 radical (unpaired) electrons. The van der Waals surface area contributed by atoms with E-state index in [0.717, 1.165) is 46.1 Å². The maximum Gasteiger partial charge on any atom is 0.336 e. The predicted octanol–water partition coefficient (Wildman–Crippen LogP) is 5.86. The number of thioether (sulfide) groups is 1. The molecule has 0 saturated carbocycles. The lowest BCUT2D eigenvalue weighted by Crippen LogP contribution is -2.29. The maximum atomic E-state index is 13.3. The van der Waals surface area contributed by atoms with Crippen LogP contribution in [-0.4, -0.2) is 34.5 Å². The Morgan fingerprint density at radius 3 is 2.57 bits per heavy atom. The Hall–Kier alpha value is -4.50. The van der Waals surface area contributed by atoms with E-state index < -0.39 is 17.6 Å². The van der Waals surface area contributed by atoms with Crippen molar-refractivity contribution >= 4 is 45.2 Å². The topological polar surface area (TPSA) is 102 Å². The molecule has 5 aromatic rings. The minimum absolute atomic E-state index is 0.107. The molecule has 0 aliphatic carbocycles. The molecule has 0 saturated heterocycles. The molecule has 1 atom stereocenters. The molecule has 3 aromatic carbocycles. The summed E-state index contributed by atoms with van der Waals surface area (Å²) in [4.78, 5) is 40.2. The Morgan fingerprint density at radius 2 is 1.79 bits per heavy atom. The van der Waals surface area contributed by atoms with Crippen molar-refractivity contribution in [1.82, 2.24) is 4.57 Å². The SMILES string of the molecule is CCN(CC)c1ccc2c(Cc3c(COc4cccc5ccccc45)cc(=O)n4c3SC[C@H]4C(=O)O)cc(=O)oc2c1. The monoisotopic (exact) mass is 582 g/mol. The summed E-state index contributed by atoms with van der Waals surface area (Å²) in [6.45, 7) is 5.89. The zero-order valence-corrected chi connectivity index (χ0v) is 24.1. The van der Waals surface area contributed by atoms with Crippen LogP contribution in [0.3, 0.4) is 0 Å². The van der Waals surface area contributed by atoms with Gasteiger partial charge in [-0.25, -0.2) is 9.59 Å². The summed E-state index contributed by atoms with van der Waals surface area (Å²) in [7, 11) is 0. The predicted molar refractivity (Wildman–Crippen MR) is 165 cm³/mol. The van der Waals surface area contributed by atoms with Crippen LogP contribution in [0, 0.1) is 0 Å². The number of pyridine rings is 1. The first-order valence-corrected chi connectivity index (χ1v) is 14.9. The summed E-state index contributed by atoms with van der Waals surface area (Å²) in [6.07, 6.45) is 0.301. The van der Waals surface area contributed by atoms with E-state index in [1.165, 1.54) is 28.5 Å². The Balaban J connectivity index is 1.46. The molecule has 0 spiro atoms. The summed E-state index contributed by atoms with van der Waals surface area (Å²) < 4.78 is 13.3. The number of aliphatic carboxylic acids is 1. The minimum atomic E-state index is -1.05. The number of hydrogen-bond donors (Lipinski definition) is 1. The van der Waals surface area contributed by atoms with Crippen LogP contribution in [0.25, 0.3) is 21.7 Å². The number of carbonyl (C=O) groups is 1. The van der Waals surface area contributed by atoms with Gasteiger partial charge in [0.2, 0.25) is 0 Å². The molecule has 42 heavy (non-hydrogen) atoms. The zero-order valence-electron chi connectivity index (χ0n) is 23.3. The number of hydrogen-bond acceptors (Lipinski definition) is 7. The second-order valence-electron chi connectivity index (χ2n) is 10.2. The van der Waals surface area contributed by atoms with E-state index in [9.17, 15) is 19.5 Å². The van der Waals surface area contributed by atoms with Gasteiger partial charge < -0.3 is 19.2 Å². The molecule has 6 rings (SSSR count). The molecule has 0 amide bonds. The van der Waals surface area contributed by atoms with Crippen LogP contribution in [0.5, 0.6) is 5.75 Å². The van der Waals surface area contributed by atoms with Gasteiger partial charge in [-0.3, -0.25) is 9.36 Å². The summed E-state index contributed by atoms with van der Waals surface area (Å²) in [6, 6.07) is 21.6. The molecule has 214 valence electrons. The molecule has 0 bridgehead atoms. The van der Waals surface area contributed by atoms with E-state index in [-0.39, 0.29) is 17.9 Å². The van der Waals surface area contributed by atoms with Crippen LogP contribution in [-0.2, 0) is 17.8 Å². The quantitative estimate of drug-likeness (QED) is 0.216. The summed E-state index contributed by atoms with van der Waals surface area (Å²) in [5.41, 5.74) is 2.74. The van der Waals surface area contributed by atoms with Crippen LogP contribution in [0.1, 0.15) is 36.6 Å². The number of ether oxygens (including phenoxy) is 1. The maximum absolute atomic E-state index is 13.3. The van der Waals surface area contributed by atoms with Crippen molar-refractivity contribution in [1.29, 1.82) is 0 Å². The molecule has 0 unspecified atom stereocenters. The Bertz CT molecular complexity index is 1940. The molecule has 0 fully saturated rings. The average Bonchev–Trinajstić information content (AvgIpc) is 3.44. The van der Waals surface area contributed by atoms with E-state index in [2.05, 4.69) is 18.7 Å². The number of rotatable bonds is 9. The fraction of sp³-hybridized carbons (Fsp3) is 0.242. The number of anilines is 1. The number of fused-ring (bicyclic) bond motifs is 3. The molecule has 9 heteroatoms. The van der Waals surface area contributed by atoms with Gasteiger partial charge in [-0.1, -0.05) is 36.4 Å². The van der Waals surface area contributed by atoms with Crippen molar-refractivity contribution < 1.29 is 19.1 Å². The number of aromatic nitrogens is 1. The van der Waals surface area contributed by atoms with E-state index >= 15 is 0 Å². The number of benzene rings is 3. The van der Waals surface area contributed by atoms with Gasteiger partial charge in [-0.05, 0) is 48.6 Å². The van der Waals surface area contributed by atoms with Crippen molar-refractivity contribution in [2.75, 3.05) is 23.7 Å². The summed E-state index contributed by atoms with van der Waals surface area (Å²) >= 11 is 1.34. The largest absolute Gasteiger partial charge is 0.488 e. The van der Waals surface area contributed by atoms with Gasteiger partial charge in [0.25, 0.3) is 5.56 Å². The van der Waals surface area contributed by atoms with Gasteiger partial charge in [0.1, 0.15) is 24.0 Å². The van der Waals surface area contributed by atoms with Gasteiger partial charge in [0.05, 0.1) is 5.03 Å². The molecule has 1 N–H and O–H groups in total. The fourth-order valence-corrected chi connectivity index (χ4v) is 7.03. The minimum Gasteiger partial charge on any atom is -0.488 e. The average molecular weight is 583 g/mol. The van der Waals surface area contributed by atoms with Crippen LogP contribution in [0.2, 0.25) is 0 Å². The number of carboxylic acid groups (broad SMARTS) is 1. The Kier molecular flexibility index (Phi) is 7.51. The van der Waals surface area contributed by atoms with Gasteiger partial charge in [0.15, 0.2) is 0 Å². The van der Waals surface area contributed by atoms with Gasteiger partial charge in [0, 0.05) is 65.5 Å². The first-order valence-electron chi connectivity index (χ1n) is 13.9. The Labute approximate surface area is 246 Å². The second kappa shape index (κ2) is 11.4. The Morgan fingerprint density at radius 1 is 1.00 bits per heavy atom. The van der Waals surface area contributed by atoms with Crippen LogP contribution >= 0.6 is 11.8 Å². The van der Waals surface area contributed by atoms with Crippen molar-refractivity contribution in [3.05, 3.63) is 110 Å². The highest BCUT2D eigenvalue weighted by molar-refractivity contribution is 7.99. The van der Waals surface area contributed by atoms with Crippen LogP contribution in [0.15, 0.2) is 91.8 Å². The smallest absolute Gasteiger partial charge is 0.336 e. The molecule has 1 aliphatic rings. The van der Waals surface area contributed by atoms with Gasteiger partial charge in [-0.15, -0.1) is 11.8 Å². The summed E-state index contributed by atoms with van der Waals surface area (Å²) in [5.74, 6) is -0.120. The highest BCUT2D eigenvalue weighted by Gasteiger charge is 2.33. The van der Waals surface area contributed by atoms with Crippen molar-refractivity contribution in [3.63, 3.8) is 0 Å². The standard InChI is InChI=1S/C33H30N2O6S/c1-3-34(4-2)23-12-13-25-21(16-31(37)41-29(25)17-23)14-26-22(15-30(36)35-27(33(38)39)19-42-32(26)35)18-40-28-11-7-9-20-8-5-6-10-24(20)28/h5-13,15-17,27H,3-4,14,18-19H2,1-2H3,(H,38,39)/t27-/m0/s1. The molecule has 1 aliphatic heterocycles. The van der Waals surface area contributed by atoms with Gasteiger partial charge in [-0.2, -0.15) is 0 Å². The van der Waals surface area contributed by atoms with E-state index in [1.807, 2.05) is 60.7 Å². The molecule has 2 aromatic heterocycles. The van der Waals surface area contributed by atoms with E-state index in [0.29, 0.717) is 28.3 Å². The van der Waals surface area contributed by atoms with Crippen LogP contribution in [0.4, 0.5) is 5.69 Å². The molecular weight excluding hydrogens is 552 g/mol. The second-order valence-corrected chi connectivity index (χ2v) is 11.2. The third-order valence-corrected chi connectivity index (χ3v) is 9.02. The third kappa shape index (κ3) is 5.05. The third-order valence-electron chi connectivity index (χ3n) is 7.82. The summed E-state index contributed by atoms with van der Waals surface area (Å²) in [5, 5.41) is 13.2. The zero-order chi connectivity index (χ0) is 29.4. The molecule has 3 heterocycles. The fourth-order valence-electron chi connectivity index (χ4n) is 5.69. The van der Waals surface area contributed by atoms with Crippen LogP contribution < -0.4 is 20.8 Å². The molecular formula is C33H30N2O6S. The number of carboxylic acids is 1. The van der Waals surface area contributed by atoms with Gasteiger partial charge >= 0.3 is 11.6 Å². The lowest BCUT2D eigenvalue weighted by Gasteiger charge is -2.21. The van der Waals surface area contributed by atoms with E-state index in [4.69, 9.17) is 9.15 Å². The van der Waals surface area contributed by atoms with Crippen molar-refractivity contribution in [3.8, 4) is 5.75 Å². The van der Waals surface area contributed by atoms with E-state index in [1.54, 1.807) is 0 Å². The lowest BCUT2D eigenvalue weighted by atomic mass is 9.99. The molecule has 8 nitrogen and oxygen atoms in total.